The molecule has 4 rings (SSSR count). The molecule has 0 radical (unpaired) electrons. The zero-order chi connectivity index (χ0) is 17.9. The number of nitrogens with zero attached hydrogens (tertiary/aromatic N) is 3. The van der Waals surface area contributed by atoms with Gasteiger partial charge in [0, 0.05) is 42.2 Å². The predicted octanol–water partition coefficient (Wildman–Crippen LogP) is 3.60. The Kier molecular flexibility index (Phi) is 4.27. The highest BCUT2D eigenvalue weighted by Crippen LogP contribution is 2.21. The first kappa shape index (κ1) is 16.1. The van der Waals surface area contributed by atoms with Crippen LogP contribution in [0.4, 0.5) is 5.69 Å². The summed E-state index contributed by atoms with van der Waals surface area (Å²) in [5.74, 6) is -0.0161. The van der Waals surface area contributed by atoms with E-state index in [1.54, 1.807) is 6.20 Å². The van der Waals surface area contributed by atoms with Crippen LogP contribution >= 0.6 is 0 Å². The molecule has 0 aliphatic rings. The molecule has 4 aromatic rings. The fourth-order valence-electron chi connectivity index (χ4n) is 3.27. The van der Waals surface area contributed by atoms with E-state index >= 15 is 0 Å². The molecule has 26 heavy (non-hydrogen) atoms. The van der Waals surface area contributed by atoms with Crippen molar-refractivity contribution in [3.8, 4) is 0 Å². The maximum atomic E-state index is 12.5. The normalized spacial score (nSPS) is 11.0. The molecular formula is C21H20N4O. The molecule has 0 saturated heterocycles. The molecule has 2 aromatic carbocycles. The molecule has 0 unspecified atom stereocenters. The van der Waals surface area contributed by atoms with E-state index in [1.807, 2.05) is 66.6 Å². The second kappa shape index (κ2) is 6.88. The lowest BCUT2D eigenvalue weighted by Gasteiger charge is -2.08. The van der Waals surface area contributed by atoms with Crippen molar-refractivity contribution in [1.82, 2.24) is 14.3 Å². The van der Waals surface area contributed by atoms with Gasteiger partial charge in [-0.1, -0.05) is 30.3 Å². The standard InChI is InChI=1S/C21H20N4O/c1-24-15-17(19-8-2-3-9-20(19)24)13-21(26)23-18-7-4-6-16(12-18)14-25-11-5-10-22-25/h2-12,15H,13-14H2,1H3,(H,23,26). The molecule has 0 spiro atoms. The first-order valence-electron chi connectivity index (χ1n) is 8.58. The van der Waals surface area contributed by atoms with Crippen molar-refractivity contribution >= 4 is 22.5 Å². The third-order valence-corrected chi connectivity index (χ3v) is 4.44. The van der Waals surface area contributed by atoms with Crippen LogP contribution in [-0.2, 0) is 24.8 Å². The van der Waals surface area contributed by atoms with Gasteiger partial charge in [-0.25, -0.2) is 0 Å². The highest BCUT2D eigenvalue weighted by atomic mass is 16.1. The van der Waals surface area contributed by atoms with E-state index < -0.39 is 0 Å². The fourth-order valence-corrected chi connectivity index (χ4v) is 3.27. The summed E-state index contributed by atoms with van der Waals surface area (Å²) < 4.78 is 3.92. The molecule has 2 aromatic heterocycles. The summed E-state index contributed by atoms with van der Waals surface area (Å²) in [5.41, 5.74) is 4.07. The quantitative estimate of drug-likeness (QED) is 0.601. The minimum Gasteiger partial charge on any atom is -0.350 e. The van der Waals surface area contributed by atoms with E-state index in [2.05, 4.69) is 27.1 Å². The van der Waals surface area contributed by atoms with Gasteiger partial charge in [-0.15, -0.1) is 0 Å². The molecule has 0 aliphatic carbocycles. The minimum atomic E-state index is -0.0161. The zero-order valence-electron chi connectivity index (χ0n) is 14.6. The van der Waals surface area contributed by atoms with Gasteiger partial charge in [0.25, 0.3) is 0 Å². The average Bonchev–Trinajstić information content (AvgIpc) is 3.24. The molecule has 0 aliphatic heterocycles. The number of anilines is 1. The lowest BCUT2D eigenvalue weighted by Crippen LogP contribution is -2.14. The van der Waals surface area contributed by atoms with E-state index in [9.17, 15) is 4.79 Å². The van der Waals surface area contributed by atoms with Crippen LogP contribution in [0.25, 0.3) is 10.9 Å². The van der Waals surface area contributed by atoms with Gasteiger partial charge >= 0.3 is 0 Å². The summed E-state index contributed by atoms with van der Waals surface area (Å²) in [6.07, 6.45) is 6.06. The van der Waals surface area contributed by atoms with Crippen LogP contribution in [0.2, 0.25) is 0 Å². The topological polar surface area (TPSA) is 51.9 Å². The van der Waals surface area contributed by atoms with Crippen molar-refractivity contribution in [2.75, 3.05) is 5.32 Å². The number of hydrogen-bond donors (Lipinski definition) is 1. The number of fused-ring (bicyclic) bond motifs is 1. The van der Waals surface area contributed by atoms with Crippen LogP contribution in [0.1, 0.15) is 11.1 Å². The van der Waals surface area contributed by atoms with Gasteiger partial charge in [-0.05, 0) is 35.4 Å². The molecule has 0 fully saturated rings. The van der Waals surface area contributed by atoms with Gasteiger partial charge in [0.2, 0.25) is 5.91 Å². The maximum absolute atomic E-state index is 12.5. The third-order valence-electron chi connectivity index (χ3n) is 4.44. The monoisotopic (exact) mass is 344 g/mol. The van der Waals surface area contributed by atoms with Gasteiger partial charge in [0.05, 0.1) is 13.0 Å². The summed E-state index contributed by atoms with van der Waals surface area (Å²) in [6.45, 7) is 0.681. The fraction of sp³-hybridized carbons (Fsp3) is 0.143. The van der Waals surface area contributed by atoms with Crippen molar-refractivity contribution in [1.29, 1.82) is 0 Å². The van der Waals surface area contributed by atoms with E-state index in [4.69, 9.17) is 0 Å². The number of amides is 1. The Morgan fingerprint density at radius 3 is 2.85 bits per heavy atom. The smallest absolute Gasteiger partial charge is 0.228 e. The molecule has 1 N–H and O–H groups in total. The van der Waals surface area contributed by atoms with Gasteiger partial charge < -0.3 is 9.88 Å². The second-order valence-corrected chi connectivity index (χ2v) is 6.41. The van der Waals surface area contributed by atoms with Gasteiger partial charge in [-0.2, -0.15) is 5.10 Å². The summed E-state index contributed by atoms with van der Waals surface area (Å²) in [7, 11) is 2.00. The Morgan fingerprint density at radius 1 is 1.12 bits per heavy atom. The number of carbonyl (C=O) groups excluding carboxylic acids is 1. The average molecular weight is 344 g/mol. The number of hydrogen-bond acceptors (Lipinski definition) is 2. The van der Waals surface area contributed by atoms with Crippen molar-refractivity contribution in [3.63, 3.8) is 0 Å². The van der Waals surface area contributed by atoms with Crippen LogP contribution < -0.4 is 5.32 Å². The van der Waals surface area contributed by atoms with Crippen LogP contribution in [0.3, 0.4) is 0 Å². The Labute approximate surface area is 151 Å². The molecule has 5 nitrogen and oxygen atoms in total. The summed E-state index contributed by atoms with van der Waals surface area (Å²) >= 11 is 0. The van der Waals surface area contributed by atoms with Gasteiger partial charge in [0.15, 0.2) is 0 Å². The minimum absolute atomic E-state index is 0.0161. The second-order valence-electron chi connectivity index (χ2n) is 6.41. The molecule has 2 heterocycles. The van der Waals surface area contributed by atoms with Gasteiger partial charge in [-0.3, -0.25) is 9.48 Å². The largest absolute Gasteiger partial charge is 0.350 e. The Hall–Kier alpha value is -3.34. The van der Waals surface area contributed by atoms with Crippen LogP contribution in [0.15, 0.2) is 73.2 Å². The Balaban J connectivity index is 1.48. The van der Waals surface area contributed by atoms with E-state index in [1.165, 1.54) is 0 Å². The lowest BCUT2D eigenvalue weighted by molar-refractivity contribution is -0.115. The number of rotatable bonds is 5. The first-order chi connectivity index (χ1) is 12.7. The number of carbonyl (C=O) groups is 1. The summed E-state index contributed by atoms with van der Waals surface area (Å²) in [5, 5.41) is 8.35. The molecule has 0 atom stereocenters. The Bertz CT molecular complexity index is 1050. The number of aryl methyl sites for hydroxylation is 1. The number of aromatic nitrogens is 3. The van der Waals surface area contributed by atoms with Crippen molar-refractivity contribution in [2.45, 2.75) is 13.0 Å². The van der Waals surface area contributed by atoms with Crippen LogP contribution in [0.5, 0.6) is 0 Å². The summed E-state index contributed by atoms with van der Waals surface area (Å²) in [4.78, 5) is 12.5. The maximum Gasteiger partial charge on any atom is 0.228 e. The lowest BCUT2D eigenvalue weighted by atomic mass is 10.1. The van der Waals surface area contributed by atoms with E-state index in [0.29, 0.717) is 13.0 Å². The summed E-state index contributed by atoms with van der Waals surface area (Å²) in [6, 6.07) is 17.9. The molecule has 0 saturated carbocycles. The highest BCUT2D eigenvalue weighted by molar-refractivity contribution is 5.96. The van der Waals surface area contributed by atoms with Crippen LogP contribution in [-0.4, -0.2) is 20.3 Å². The highest BCUT2D eigenvalue weighted by Gasteiger charge is 2.11. The van der Waals surface area contributed by atoms with Crippen LogP contribution in [0, 0.1) is 0 Å². The Morgan fingerprint density at radius 2 is 2.00 bits per heavy atom. The molecule has 5 heteroatoms. The SMILES string of the molecule is Cn1cc(CC(=O)Nc2cccc(Cn3cccn3)c2)c2ccccc21. The van der Waals surface area contributed by atoms with E-state index in [0.717, 1.165) is 27.7 Å². The van der Waals surface area contributed by atoms with Crippen molar-refractivity contribution in [2.24, 2.45) is 7.05 Å². The number of para-hydroxylation sites is 1. The third kappa shape index (κ3) is 3.37. The number of nitrogens with one attached hydrogen (secondary N) is 1. The zero-order valence-corrected chi connectivity index (χ0v) is 14.6. The predicted molar refractivity (Wildman–Crippen MR) is 103 cm³/mol. The van der Waals surface area contributed by atoms with Crippen molar-refractivity contribution < 1.29 is 4.79 Å². The molecule has 0 bridgehead atoms. The molecule has 1 amide bonds. The van der Waals surface area contributed by atoms with E-state index in [-0.39, 0.29) is 5.91 Å². The van der Waals surface area contributed by atoms with Crippen molar-refractivity contribution in [3.05, 3.63) is 84.3 Å². The van der Waals surface area contributed by atoms with Gasteiger partial charge in [0.1, 0.15) is 0 Å². The molecule has 130 valence electrons. The number of benzene rings is 2. The first-order valence-corrected chi connectivity index (χ1v) is 8.58. The molecular weight excluding hydrogens is 324 g/mol.